The lowest BCUT2D eigenvalue weighted by Crippen LogP contribution is -2.38. The Labute approximate surface area is 121 Å². The van der Waals surface area contributed by atoms with Crippen LogP contribution < -0.4 is 4.74 Å². The van der Waals surface area contributed by atoms with Gasteiger partial charge in [-0.05, 0) is 26.0 Å². The molecule has 0 radical (unpaired) electrons. The minimum Gasteiger partial charge on any atom is -0.406 e. The van der Waals surface area contributed by atoms with E-state index in [0.717, 1.165) is 22.5 Å². The van der Waals surface area contributed by atoms with Crippen molar-refractivity contribution in [1.82, 2.24) is 4.31 Å². The van der Waals surface area contributed by atoms with Crippen molar-refractivity contribution in [2.45, 2.75) is 31.1 Å². The fraction of sp³-hybridized carbons (Fsp3) is 0.500. The zero-order valence-electron chi connectivity index (χ0n) is 11.5. The van der Waals surface area contributed by atoms with Crippen molar-refractivity contribution in [1.29, 1.82) is 0 Å². The van der Waals surface area contributed by atoms with Crippen molar-refractivity contribution in [2.75, 3.05) is 13.2 Å². The zero-order chi connectivity index (χ0) is 16.3. The molecule has 120 valence electrons. The molecule has 0 saturated heterocycles. The molecule has 0 fully saturated rings. The Kier molecular flexibility index (Phi) is 5.60. The van der Waals surface area contributed by atoms with Gasteiger partial charge in [-0.25, -0.2) is 8.42 Å². The summed E-state index contributed by atoms with van der Waals surface area (Å²) in [5, 5.41) is 8.92. The molecule has 1 aromatic carbocycles. The first-order valence-corrected chi connectivity index (χ1v) is 7.50. The maximum atomic E-state index is 12.4. The van der Waals surface area contributed by atoms with Gasteiger partial charge in [0.05, 0.1) is 11.5 Å². The SMILES string of the molecule is CC(C)N(CCO)S(=O)(=O)c1cccc(OC(F)(F)F)c1. The van der Waals surface area contributed by atoms with E-state index in [9.17, 15) is 21.6 Å². The van der Waals surface area contributed by atoms with Crippen molar-refractivity contribution in [2.24, 2.45) is 0 Å². The van der Waals surface area contributed by atoms with Gasteiger partial charge in [0, 0.05) is 18.7 Å². The van der Waals surface area contributed by atoms with Crippen LogP contribution in [0, 0.1) is 0 Å². The lowest BCUT2D eigenvalue weighted by atomic mass is 10.3. The first-order valence-electron chi connectivity index (χ1n) is 6.06. The number of rotatable bonds is 6. The molecule has 0 aliphatic rings. The molecule has 1 aromatic rings. The van der Waals surface area contributed by atoms with E-state index in [1.165, 1.54) is 6.07 Å². The van der Waals surface area contributed by atoms with Gasteiger partial charge >= 0.3 is 6.36 Å². The number of sulfonamides is 1. The Balaban J connectivity index is 3.16. The molecule has 0 heterocycles. The number of aliphatic hydroxyl groups is 1. The molecule has 21 heavy (non-hydrogen) atoms. The zero-order valence-corrected chi connectivity index (χ0v) is 12.3. The molecule has 9 heteroatoms. The lowest BCUT2D eigenvalue weighted by molar-refractivity contribution is -0.274. The number of aliphatic hydroxyl groups excluding tert-OH is 1. The second kappa shape index (κ2) is 6.63. The van der Waals surface area contributed by atoms with E-state index in [2.05, 4.69) is 4.74 Å². The average Bonchev–Trinajstić information content (AvgIpc) is 2.33. The van der Waals surface area contributed by atoms with Gasteiger partial charge in [0.15, 0.2) is 0 Å². The van der Waals surface area contributed by atoms with Gasteiger partial charge in [-0.15, -0.1) is 13.2 Å². The number of hydrogen-bond acceptors (Lipinski definition) is 4. The van der Waals surface area contributed by atoms with E-state index < -0.39 is 34.8 Å². The van der Waals surface area contributed by atoms with Crippen LogP contribution in [0.25, 0.3) is 0 Å². The summed E-state index contributed by atoms with van der Waals surface area (Å²) in [6, 6.07) is 3.69. The molecule has 0 aliphatic carbocycles. The molecule has 0 amide bonds. The van der Waals surface area contributed by atoms with Crippen LogP contribution in [0.3, 0.4) is 0 Å². The molecule has 1 rings (SSSR count). The Morgan fingerprint density at radius 1 is 1.33 bits per heavy atom. The number of nitrogens with zero attached hydrogens (tertiary/aromatic N) is 1. The van der Waals surface area contributed by atoms with Gasteiger partial charge in [-0.2, -0.15) is 4.31 Å². The van der Waals surface area contributed by atoms with E-state index in [1.54, 1.807) is 13.8 Å². The molecule has 0 spiro atoms. The Morgan fingerprint density at radius 3 is 2.43 bits per heavy atom. The van der Waals surface area contributed by atoms with Crippen LogP contribution in [-0.2, 0) is 10.0 Å². The summed E-state index contributed by atoms with van der Waals surface area (Å²) in [5.41, 5.74) is 0. The minimum atomic E-state index is -4.90. The first kappa shape index (κ1) is 17.7. The van der Waals surface area contributed by atoms with Gasteiger partial charge in [0.1, 0.15) is 5.75 Å². The van der Waals surface area contributed by atoms with E-state index in [-0.39, 0.29) is 11.4 Å². The second-order valence-electron chi connectivity index (χ2n) is 4.46. The predicted molar refractivity (Wildman–Crippen MR) is 69.2 cm³/mol. The number of halogens is 3. The highest BCUT2D eigenvalue weighted by molar-refractivity contribution is 7.89. The van der Waals surface area contributed by atoms with Crippen molar-refractivity contribution >= 4 is 10.0 Å². The molecule has 1 N–H and O–H groups in total. The van der Waals surface area contributed by atoms with Gasteiger partial charge < -0.3 is 9.84 Å². The maximum Gasteiger partial charge on any atom is 0.573 e. The predicted octanol–water partition coefficient (Wildman–Crippen LogP) is 1.98. The normalized spacial score (nSPS) is 13.0. The molecular formula is C12H16F3NO4S. The largest absolute Gasteiger partial charge is 0.573 e. The standard InChI is InChI=1S/C12H16F3NO4S/c1-9(2)16(6-7-17)21(18,19)11-5-3-4-10(8-11)20-12(13,14)15/h3-5,8-9,17H,6-7H2,1-2H3. The number of benzene rings is 1. The van der Waals surface area contributed by atoms with Crippen molar-refractivity contribution in [3.8, 4) is 5.75 Å². The minimum absolute atomic E-state index is 0.148. The summed E-state index contributed by atoms with van der Waals surface area (Å²) >= 11 is 0. The van der Waals surface area contributed by atoms with Crippen molar-refractivity contribution in [3.05, 3.63) is 24.3 Å². The van der Waals surface area contributed by atoms with Crippen molar-refractivity contribution < 1.29 is 31.4 Å². The molecule has 0 atom stereocenters. The summed E-state index contributed by atoms with van der Waals surface area (Å²) in [6.07, 6.45) is -4.90. The van der Waals surface area contributed by atoms with Gasteiger partial charge in [-0.1, -0.05) is 6.07 Å². The van der Waals surface area contributed by atoms with Gasteiger partial charge in [-0.3, -0.25) is 0 Å². The van der Waals surface area contributed by atoms with Gasteiger partial charge in [0.2, 0.25) is 10.0 Å². The Bertz CT molecular complexity index is 572. The van der Waals surface area contributed by atoms with Crippen LogP contribution in [0.4, 0.5) is 13.2 Å². The van der Waals surface area contributed by atoms with Crippen molar-refractivity contribution in [3.63, 3.8) is 0 Å². The molecule has 0 saturated carbocycles. The van der Waals surface area contributed by atoms with E-state index in [0.29, 0.717) is 0 Å². The van der Waals surface area contributed by atoms with Crippen LogP contribution in [-0.4, -0.2) is 43.4 Å². The maximum absolute atomic E-state index is 12.4. The van der Waals surface area contributed by atoms with Crippen LogP contribution in [0.5, 0.6) is 5.75 Å². The second-order valence-corrected chi connectivity index (χ2v) is 6.35. The number of alkyl halides is 3. The smallest absolute Gasteiger partial charge is 0.406 e. The first-order chi connectivity index (χ1) is 9.58. The summed E-state index contributed by atoms with van der Waals surface area (Å²) < 4.78 is 65.9. The fourth-order valence-corrected chi connectivity index (χ4v) is 3.39. The Morgan fingerprint density at radius 2 is 1.95 bits per heavy atom. The average molecular weight is 327 g/mol. The highest BCUT2D eigenvalue weighted by atomic mass is 32.2. The molecule has 0 aliphatic heterocycles. The number of hydrogen-bond donors (Lipinski definition) is 1. The number of ether oxygens (including phenoxy) is 1. The topological polar surface area (TPSA) is 66.8 Å². The van der Waals surface area contributed by atoms with Crippen LogP contribution in [0.1, 0.15) is 13.8 Å². The summed E-state index contributed by atoms with van der Waals surface area (Å²) in [6.45, 7) is 2.66. The quantitative estimate of drug-likeness (QED) is 0.867. The lowest BCUT2D eigenvalue weighted by Gasteiger charge is -2.25. The Hall–Kier alpha value is -1.32. The van der Waals surface area contributed by atoms with E-state index >= 15 is 0 Å². The van der Waals surface area contributed by atoms with E-state index in [1.807, 2.05) is 0 Å². The third kappa shape index (κ3) is 4.87. The molecule has 5 nitrogen and oxygen atoms in total. The molecule has 0 bridgehead atoms. The van der Waals surface area contributed by atoms with Crippen LogP contribution in [0.2, 0.25) is 0 Å². The molecule has 0 unspecified atom stereocenters. The fourth-order valence-electron chi connectivity index (χ4n) is 1.72. The third-order valence-electron chi connectivity index (χ3n) is 2.54. The van der Waals surface area contributed by atoms with Gasteiger partial charge in [0.25, 0.3) is 0 Å². The summed E-state index contributed by atoms with van der Waals surface area (Å²) in [5.74, 6) is -0.615. The highest BCUT2D eigenvalue weighted by Crippen LogP contribution is 2.26. The summed E-state index contributed by atoms with van der Waals surface area (Å²) in [7, 11) is -4.01. The molecular weight excluding hydrogens is 311 g/mol. The monoisotopic (exact) mass is 327 g/mol. The summed E-state index contributed by atoms with van der Waals surface area (Å²) in [4.78, 5) is -0.327. The van der Waals surface area contributed by atoms with E-state index in [4.69, 9.17) is 5.11 Å². The molecule has 0 aromatic heterocycles. The van der Waals surface area contributed by atoms with Crippen LogP contribution in [0.15, 0.2) is 29.2 Å². The third-order valence-corrected chi connectivity index (χ3v) is 4.61. The highest BCUT2D eigenvalue weighted by Gasteiger charge is 2.32. The van der Waals surface area contributed by atoms with Crippen LogP contribution >= 0.6 is 0 Å².